The van der Waals surface area contributed by atoms with Gasteiger partial charge in [-0.25, -0.2) is 15.0 Å². The number of aliphatic carboxylic acids is 1. The zero-order valence-electron chi connectivity index (χ0n) is 8.24. The number of nitrogens with zero attached hydrogens (tertiary/aromatic N) is 4. The Morgan fingerprint density at radius 2 is 2.25 bits per heavy atom. The van der Waals surface area contributed by atoms with E-state index in [1.54, 1.807) is 0 Å². The first-order chi connectivity index (χ1) is 7.59. The van der Waals surface area contributed by atoms with Crippen LogP contribution < -0.4 is 11.5 Å². The van der Waals surface area contributed by atoms with Gasteiger partial charge in [0.25, 0.3) is 0 Å². The zero-order chi connectivity index (χ0) is 11.7. The summed E-state index contributed by atoms with van der Waals surface area (Å²) in [7, 11) is 0. The topological polar surface area (TPSA) is 133 Å². The quantitative estimate of drug-likeness (QED) is 0.595. The van der Waals surface area contributed by atoms with Gasteiger partial charge >= 0.3 is 5.97 Å². The molecule has 2 aromatic heterocycles. The lowest BCUT2D eigenvalue weighted by atomic mass is 10.3. The SMILES string of the molecule is Nc1ncnc2c1ncn2CC(N)C(=O)O. The van der Waals surface area contributed by atoms with Crippen molar-refractivity contribution in [3.8, 4) is 0 Å². The van der Waals surface area contributed by atoms with Gasteiger partial charge in [0.1, 0.15) is 17.9 Å². The van der Waals surface area contributed by atoms with E-state index in [-0.39, 0.29) is 12.4 Å². The van der Waals surface area contributed by atoms with Crippen LogP contribution in [0, 0.1) is 0 Å². The molecule has 0 aliphatic heterocycles. The Bertz CT molecular complexity index is 536. The molecule has 0 amide bonds. The molecule has 84 valence electrons. The van der Waals surface area contributed by atoms with Crippen LogP contribution in [0.3, 0.4) is 0 Å². The lowest BCUT2D eigenvalue weighted by Gasteiger charge is -2.07. The molecule has 0 bridgehead atoms. The van der Waals surface area contributed by atoms with Gasteiger partial charge in [-0.2, -0.15) is 0 Å². The predicted octanol–water partition coefficient (Wildman–Crippen LogP) is -1.18. The number of hydrogen-bond donors (Lipinski definition) is 3. The number of hydrogen-bond acceptors (Lipinski definition) is 6. The molecule has 0 spiro atoms. The smallest absolute Gasteiger partial charge is 0.322 e. The van der Waals surface area contributed by atoms with Gasteiger partial charge in [0.2, 0.25) is 0 Å². The van der Waals surface area contributed by atoms with Crippen molar-refractivity contribution in [3.63, 3.8) is 0 Å². The summed E-state index contributed by atoms with van der Waals surface area (Å²) in [6.45, 7) is 0.0856. The van der Waals surface area contributed by atoms with Gasteiger partial charge in [-0.15, -0.1) is 0 Å². The number of carbonyl (C=O) groups is 1. The lowest BCUT2D eigenvalue weighted by molar-refractivity contribution is -0.138. The van der Waals surface area contributed by atoms with E-state index < -0.39 is 12.0 Å². The van der Waals surface area contributed by atoms with Crippen LogP contribution in [0.4, 0.5) is 5.82 Å². The van der Waals surface area contributed by atoms with Crippen LogP contribution in [0.25, 0.3) is 11.2 Å². The highest BCUT2D eigenvalue weighted by molar-refractivity contribution is 5.81. The van der Waals surface area contributed by atoms with Gasteiger partial charge in [0.05, 0.1) is 12.9 Å². The third-order valence-electron chi connectivity index (χ3n) is 2.14. The van der Waals surface area contributed by atoms with E-state index in [1.165, 1.54) is 17.2 Å². The normalized spacial score (nSPS) is 12.8. The minimum atomic E-state index is -1.08. The van der Waals surface area contributed by atoms with Crippen molar-refractivity contribution >= 4 is 23.0 Å². The summed E-state index contributed by atoms with van der Waals surface area (Å²) >= 11 is 0. The van der Waals surface area contributed by atoms with Crippen LogP contribution in [-0.2, 0) is 11.3 Å². The molecule has 0 aliphatic rings. The molecule has 1 atom stereocenters. The first-order valence-electron chi connectivity index (χ1n) is 4.49. The number of nitrogens with two attached hydrogens (primary N) is 2. The summed E-state index contributed by atoms with van der Waals surface area (Å²) in [5.74, 6) is -0.823. The molecule has 1 unspecified atom stereocenters. The maximum atomic E-state index is 10.6. The monoisotopic (exact) mass is 222 g/mol. The molecule has 0 aromatic carbocycles. The Balaban J connectivity index is 2.39. The van der Waals surface area contributed by atoms with Gasteiger partial charge < -0.3 is 21.1 Å². The second-order valence-corrected chi connectivity index (χ2v) is 3.27. The Morgan fingerprint density at radius 1 is 1.50 bits per heavy atom. The van der Waals surface area contributed by atoms with Crippen LogP contribution in [-0.4, -0.2) is 36.6 Å². The van der Waals surface area contributed by atoms with Gasteiger partial charge in [0, 0.05) is 0 Å². The first kappa shape index (κ1) is 10.3. The van der Waals surface area contributed by atoms with Gasteiger partial charge in [-0.05, 0) is 0 Å². The van der Waals surface area contributed by atoms with E-state index in [2.05, 4.69) is 15.0 Å². The van der Waals surface area contributed by atoms with Crippen LogP contribution >= 0.6 is 0 Å². The Kier molecular flexibility index (Phi) is 2.41. The highest BCUT2D eigenvalue weighted by atomic mass is 16.4. The average molecular weight is 222 g/mol. The number of nitrogen functional groups attached to an aromatic ring is 1. The summed E-state index contributed by atoms with van der Waals surface area (Å²) < 4.78 is 1.53. The van der Waals surface area contributed by atoms with Gasteiger partial charge in [-0.1, -0.05) is 0 Å². The molecule has 16 heavy (non-hydrogen) atoms. The largest absolute Gasteiger partial charge is 0.480 e. The van der Waals surface area contributed by atoms with Crippen molar-refractivity contribution in [3.05, 3.63) is 12.7 Å². The van der Waals surface area contributed by atoms with Crippen LogP contribution in [0.2, 0.25) is 0 Å². The van der Waals surface area contributed by atoms with Crippen LogP contribution in [0.15, 0.2) is 12.7 Å². The third-order valence-corrected chi connectivity index (χ3v) is 2.14. The van der Waals surface area contributed by atoms with E-state index in [1.807, 2.05) is 0 Å². The molecule has 2 rings (SSSR count). The molecule has 2 aromatic rings. The second-order valence-electron chi connectivity index (χ2n) is 3.27. The molecule has 0 fully saturated rings. The fraction of sp³-hybridized carbons (Fsp3) is 0.250. The van der Waals surface area contributed by atoms with E-state index in [9.17, 15) is 4.79 Å². The Morgan fingerprint density at radius 3 is 2.94 bits per heavy atom. The number of rotatable bonds is 3. The highest BCUT2D eigenvalue weighted by Crippen LogP contribution is 2.14. The summed E-state index contributed by atoms with van der Waals surface area (Å²) in [6.07, 6.45) is 2.74. The zero-order valence-corrected chi connectivity index (χ0v) is 8.24. The maximum Gasteiger partial charge on any atom is 0.322 e. The van der Waals surface area contributed by atoms with E-state index in [0.29, 0.717) is 11.2 Å². The second kappa shape index (κ2) is 3.74. The minimum absolute atomic E-state index is 0.0856. The number of carboxylic acid groups (broad SMARTS) is 1. The van der Waals surface area contributed by atoms with Gasteiger partial charge in [0.15, 0.2) is 11.5 Å². The minimum Gasteiger partial charge on any atom is -0.480 e. The van der Waals surface area contributed by atoms with Crippen molar-refractivity contribution in [2.75, 3.05) is 5.73 Å². The summed E-state index contributed by atoms with van der Waals surface area (Å²) in [4.78, 5) is 22.4. The molecule has 0 saturated heterocycles. The van der Waals surface area contributed by atoms with Gasteiger partial charge in [-0.3, -0.25) is 4.79 Å². The van der Waals surface area contributed by atoms with Crippen molar-refractivity contribution < 1.29 is 9.90 Å². The number of fused-ring (bicyclic) bond motifs is 1. The molecular formula is C8H10N6O2. The molecule has 0 aliphatic carbocycles. The fourth-order valence-corrected chi connectivity index (χ4v) is 1.32. The molecule has 0 saturated carbocycles. The number of imidazole rings is 1. The maximum absolute atomic E-state index is 10.6. The van der Waals surface area contributed by atoms with Crippen molar-refractivity contribution in [1.82, 2.24) is 19.5 Å². The van der Waals surface area contributed by atoms with Crippen LogP contribution in [0.1, 0.15) is 0 Å². The summed E-state index contributed by atoms with van der Waals surface area (Å²) in [5.41, 5.74) is 11.9. The van der Waals surface area contributed by atoms with E-state index >= 15 is 0 Å². The summed E-state index contributed by atoms with van der Waals surface area (Å²) in [6, 6.07) is -1.01. The van der Waals surface area contributed by atoms with E-state index in [0.717, 1.165) is 0 Å². The Hall–Kier alpha value is -2.22. The molecule has 0 radical (unpaired) electrons. The number of carboxylic acids is 1. The Labute approximate surface area is 89.9 Å². The van der Waals surface area contributed by atoms with Crippen molar-refractivity contribution in [1.29, 1.82) is 0 Å². The fourth-order valence-electron chi connectivity index (χ4n) is 1.32. The molecular weight excluding hydrogens is 212 g/mol. The molecule has 2 heterocycles. The number of aromatic nitrogens is 4. The lowest BCUT2D eigenvalue weighted by Crippen LogP contribution is -2.34. The standard InChI is InChI=1S/C8H10N6O2/c9-4(8(15)16)1-14-3-13-5-6(10)11-2-12-7(5)14/h2-4H,1,9H2,(H,15,16)(H2,10,11,12). The first-order valence-corrected chi connectivity index (χ1v) is 4.49. The highest BCUT2D eigenvalue weighted by Gasteiger charge is 2.15. The number of anilines is 1. The summed E-state index contributed by atoms with van der Waals surface area (Å²) in [5, 5.41) is 8.69. The predicted molar refractivity (Wildman–Crippen MR) is 55.3 cm³/mol. The van der Waals surface area contributed by atoms with Crippen molar-refractivity contribution in [2.45, 2.75) is 12.6 Å². The van der Waals surface area contributed by atoms with E-state index in [4.69, 9.17) is 16.6 Å². The van der Waals surface area contributed by atoms with Crippen molar-refractivity contribution in [2.24, 2.45) is 5.73 Å². The molecule has 5 N–H and O–H groups in total. The molecule has 8 heteroatoms. The third kappa shape index (κ3) is 1.65. The van der Waals surface area contributed by atoms with Crippen LogP contribution in [0.5, 0.6) is 0 Å². The average Bonchev–Trinajstić information content (AvgIpc) is 2.63. The molecule has 8 nitrogen and oxygen atoms in total.